The minimum absolute atomic E-state index is 0.286. The van der Waals surface area contributed by atoms with Gasteiger partial charge in [0.15, 0.2) is 6.61 Å². The summed E-state index contributed by atoms with van der Waals surface area (Å²) >= 11 is 0. The van der Waals surface area contributed by atoms with E-state index in [-0.39, 0.29) is 17.4 Å². The van der Waals surface area contributed by atoms with Crippen LogP contribution in [-0.4, -0.2) is 24.8 Å². The molecule has 5 nitrogen and oxygen atoms in total. The Morgan fingerprint density at radius 2 is 1.85 bits per heavy atom. The Kier molecular flexibility index (Phi) is 5.38. The molecule has 0 spiro atoms. The third-order valence-electron chi connectivity index (χ3n) is 5.05. The van der Waals surface area contributed by atoms with E-state index in [0.717, 1.165) is 24.5 Å². The number of benzene rings is 1. The predicted molar refractivity (Wildman–Crippen MR) is 86.3 cm³/mol. The monoisotopic (exact) mass is 371 g/mol. The van der Waals surface area contributed by atoms with E-state index in [1.807, 2.05) is 0 Å². The number of hydrogen-bond donors (Lipinski definition) is 1. The molecule has 0 saturated heterocycles. The number of ether oxygens (including phenoxy) is 2. The molecule has 2 saturated carbocycles. The van der Waals surface area contributed by atoms with Crippen LogP contribution < -0.4 is 10.1 Å². The minimum atomic E-state index is -4.77. The normalized spacial score (nSPS) is 24.3. The molecule has 1 amide bonds. The van der Waals surface area contributed by atoms with Crippen molar-refractivity contribution in [2.24, 2.45) is 17.8 Å². The summed E-state index contributed by atoms with van der Waals surface area (Å²) in [6.45, 7) is -0.416. The first-order valence-corrected chi connectivity index (χ1v) is 8.60. The maximum Gasteiger partial charge on any atom is 0.573 e. The number of nitrogens with one attached hydrogen (secondary N) is 1. The number of esters is 1. The Morgan fingerprint density at radius 3 is 2.42 bits per heavy atom. The molecule has 0 heterocycles. The molecule has 3 rings (SSSR count). The van der Waals surface area contributed by atoms with E-state index in [2.05, 4.69) is 10.1 Å². The van der Waals surface area contributed by atoms with Gasteiger partial charge in [-0.2, -0.15) is 0 Å². The average Bonchev–Trinajstić information content (AvgIpc) is 3.16. The zero-order valence-corrected chi connectivity index (χ0v) is 14.1. The summed E-state index contributed by atoms with van der Waals surface area (Å²) in [5, 5.41) is 2.46. The van der Waals surface area contributed by atoms with E-state index in [1.54, 1.807) is 0 Å². The van der Waals surface area contributed by atoms with Crippen molar-refractivity contribution in [3.63, 3.8) is 0 Å². The van der Waals surface area contributed by atoms with E-state index in [1.165, 1.54) is 31.4 Å². The number of rotatable bonds is 6. The summed E-state index contributed by atoms with van der Waals surface area (Å²) in [5.41, 5.74) is 0.286. The fraction of sp³-hybridized carbons (Fsp3) is 0.556. The van der Waals surface area contributed by atoms with E-state index < -0.39 is 18.9 Å². The lowest BCUT2D eigenvalue weighted by atomic mass is 9.86. The quantitative estimate of drug-likeness (QED) is 0.771. The fourth-order valence-electron chi connectivity index (χ4n) is 3.98. The van der Waals surface area contributed by atoms with Crippen LogP contribution in [-0.2, 0) is 14.3 Å². The maximum absolute atomic E-state index is 12.1. The molecule has 1 N–H and O–H groups in total. The lowest BCUT2D eigenvalue weighted by Gasteiger charge is -2.20. The molecule has 2 aliphatic carbocycles. The van der Waals surface area contributed by atoms with Crippen LogP contribution in [0.1, 0.15) is 32.1 Å². The lowest BCUT2D eigenvalue weighted by molar-refractivity contribution is -0.274. The molecule has 1 aromatic carbocycles. The molecule has 2 aliphatic rings. The first-order valence-electron chi connectivity index (χ1n) is 8.60. The summed E-state index contributed by atoms with van der Waals surface area (Å²) in [6.07, 6.45) is 0.281. The number of halogens is 3. The summed E-state index contributed by atoms with van der Waals surface area (Å²) in [5.74, 6) is 0.407. The second-order valence-corrected chi connectivity index (χ2v) is 6.92. The minimum Gasteiger partial charge on any atom is -0.456 e. The Morgan fingerprint density at radius 1 is 1.12 bits per heavy atom. The first-order chi connectivity index (χ1) is 12.3. The van der Waals surface area contributed by atoms with Crippen molar-refractivity contribution in [3.05, 3.63) is 24.3 Å². The molecular formula is C18H20F3NO4. The highest BCUT2D eigenvalue weighted by Crippen LogP contribution is 2.49. The van der Waals surface area contributed by atoms with Gasteiger partial charge in [-0.1, -0.05) is 6.42 Å². The molecule has 0 aliphatic heterocycles. The van der Waals surface area contributed by atoms with Crippen molar-refractivity contribution < 1.29 is 32.2 Å². The number of amides is 1. The summed E-state index contributed by atoms with van der Waals surface area (Å²) in [4.78, 5) is 23.7. The molecule has 0 unspecified atom stereocenters. The van der Waals surface area contributed by atoms with Gasteiger partial charge in [-0.05, 0) is 61.3 Å². The Bertz CT molecular complexity index is 659. The topological polar surface area (TPSA) is 64.6 Å². The first kappa shape index (κ1) is 18.5. The SMILES string of the molecule is O=C(COC(=O)C[C@@H]1C[C@@H]2CC[C@@H]1C2)Nc1ccc(OC(F)(F)F)cc1. The van der Waals surface area contributed by atoms with Crippen molar-refractivity contribution in [3.8, 4) is 5.75 Å². The van der Waals surface area contributed by atoms with Gasteiger partial charge in [-0.25, -0.2) is 0 Å². The fourth-order valence-corrected chi connectivity index (χ4v) is 3.98. The van der Waals surface area contributed by atoms with Crippen molar-refractivity contribution in [1.29, 1.82) is 0 Å². The third-order valence-corrected chi connectivity index (χ3v) is 5.05. The van der Waals surface area contributed by atoms with Crippen LogP contribution in [0.15, 0.2) is 24.3 Å². The summed E-state index contributed by atoms with van der Waals surface area (Å²) < 4.78 is 45.0. The van der Waals surface area contributed by atoms with Gasteiger partial charge >= 0.3 is 12.3 Å². The van der Waals surface area contributed by atoms with E-state index >= 15 is 0 Å². The molecule has 26 heavy (non-hydrogen) atoms. The summed E-state index contributed by atoms with van der Waals surface area (Å²) in [6, 6.07) is 4.72. The second-order valence-electron chi connectivity index (χ2n) is 6.92. The number of carbonyl (C=O) groups is 2. The van der Waals surface area contributed by atoms with Crippen LogP contribution >= 0.6 is 0 Å². The second kappa shape index (κ2) is 7.55. The van der Waals surface area contributed by atoms with Gasteiger partial charge in [-0.15, -0.1) is 13.2 Å². The highest BCUT2D eigenvalue weighted by molar-refractivity contribution is 5.92. The van der Waals surface area contributed by atoms with Gasteiger partial charge in [0.25, 0.3) is 5.91 Å². The molecule has 3 atom stereocenters. The zero-order chi connectivity index (χ0) is 18.7. The van der Waals surface area contributed by atoms with Crippen molar-refractivity contribution in [1.82, 2.24) is 0 Å². The van der Waals surface area contributed by atoms with Crippen LogP contribution in [0.25, 0.3) is 0 Å². The van der Waals surface area contributed by atoms with Gasteiger partial charge in [0.05, 0.1) is 0 Å². The van der Waals surface area contributed by atoms with Crippen LogP contribution in [0.2, 0.25) is 0 Å². The zero-order valence-electron chi connectivity index (χ0n) is 14.1. The number of fused-ring (bicyclic) bond motifs is 2. The summed E-state index contributed by atoms with van der Waals surface area (Å²) in [7, 11) is 0. The Hall–Kier alpha value is -2.25. The van der Waals surface area contributed by atoms with Crippen LogP contribution in [0.3, 0.4) is 0 Å². The van der Waals surface area contributed by atoms with Gasteiger partial charge in [0.2, 0.25) is 0 Å². The number of carbonyl (C=O) groups excluding carboxylic acids is 2. The molecule has 2 bridgehead atoms. The molecule has 1 aromatic rings. The highest BCUT2D eigenvalue weighted by atomic mass is 19.4. The molecule has 2 fully saturated rings. The third kappa shape index (κ3) is 5.12. The predicted octanol–water partition coefficient (Wildman–Crippen LogP) is 3.89. The molecule has 0 radical (unpaired) electrons. The van der Waals surface area contributed by atoms with Crippen molar-refractivity contribution in [2.45, 2.75) is 38.5 Å². The average molecular weight is 371 g/mol. The van der Waals surface area contributed by atoms with Crippen molar-refractivity contribution >= 4 is 17.6 Å². The molecule has 0 aromatic heterocycles. The number of hydrogen-bond acceptors (Lipinski definition) is 4. The molecular weight excluding hydrogens is 351 g/mol. The number of anilines is 1. The van der Waals surface area contributed by atoms with E-state index in [0.29, 0.717) is 18.3 Å². The molecule has 8 heteroatoms. The van der Waals surface area contributed by atoms with Crippen LogP contribution in [0.5, 0.6) is 5.75 Å². The standard InChI is InChI=1S/C18H20F3NO4/c19-18(20,21)26-15-5-3-14(4-6-15)22-16(23)10-25-17(24)9-13-8-11-1-2-12(13)7-11/h3-6,11-13H,1-2,7-10H2,(H,22,23)/t11-,12-,13+/m1/s1. The Balaban J connectivity index is 1.39. The van der Waals surface area contributed by atoms with Gasteiger partial charge in [-0.3, -0.25) is 9.59 Å². The van der Waals surface area contributed by atoms with Crippen molar-refractivity contribution in [2.75, 3.05) is 11.9 Å². The smallest absolute Gasteiger partial charge is 0.456 e. The van der Waals surface area contributed by atoms with E-state index in [4.69, 9.17) is 4.74 Å². The largest absolute Gasteiger partial charge is 0.573 e. The van der Waals surface area contributed by atoms with Gasteiger partial charge < -0.3 is 14.8 Å². The highest BCUT2D eigenvalue weighted by Gasteiger charge is 2.40. The van der Waals surface area contributed by atoms with Gasteiger partial charge in [0.1, 0.15) is 5.75 Å². The van der Waals surface area contributed by atoms with Crippen LogP contribution in [0, 0.1) is 17.8 Å². The van der Waals surface area contributed by atoms with Gasteiger partial charge in [0, 0.05) is 12.1 Å². The Labute approximate surface area is 148 Å². The van der Waals surface area contributed by atoms with Crippen LogP contribution in [0.4, 0.5) is 18.9 Å². The number of alkyl halides is 3. The van der Waals surface area contributed by atoms with E-state index in [9.17, 15) is 22.8 Å². The molecule has 142 valence electrons. The lowest BCUT2D eigenvalue weighted by Crippen LogP contribution is -2.23. The maximum atomic E-state index is 12.1.